The number of carboxylic acid groups (broad SMARTS) is 1. The number of aliphatic carboxylic acids is 1. The average molecular weight is 383 g/mol. The molecule has 6 nitrogen and oxygen atoms in total. The van der Waals surface area contributed by atoms with Crippen LogP contribution in [0, 0.1) is 13.8 Å². The van der Waals surface area contributed by atoms with E-state index in [1.807, 2.05) is 26.0 Å². The molecule has 0 saturated carbocycles. The van der Waals surface area contributed by atoms with Gasteiger partial charge in [0, 0.05) is 5.56 Å². The molecule has 1 aliphatic rings. The molecule has 1 fully saturated rings. The van der Waals surface area contributed by atoms with Crippen molar-refractivity contribution in [3.63, 3.8) is 0 Å². The normalized spacial score (nSPS) is 15.5. The summed E-state index contributed by atoms with van der Waals surface area (Å²) in [5, 5.41) is 8.41. The number of para-hydroxylation sites is 1. The number of imide groups is 1. The molecular weight excluding hydrogens is 366 g/mol. The van der Waals surface area contributed by atoms with Gasteiger partial charge in [-0.05, 0) is 49.4 Å². The number of rotatable bonds is 5. The van der Waals surface area contributed by atoms with Crippen molar-refractivity contribution in [2.75, 3.05) is 11.5 Å². The van der Waals surface area contributed by atoms with Crippen LogP contribution >= 0.6 is 11.8 Å². The van der Waals surface area contributed by atoms with E-state index < -0.39 is 18.5 Å². The van der Waals surface area contributed by atoms with Gasteiger partial charge in [-0.2, -0.15) is 0 Å². The van der Waals surface area contributed by atoms with E-state index in [4.69, 9.17) is 9.84 Å². The molecule has 0 bridgehead atoms. The maximum Gasteiger partial charge on any atom is 0.341 e. The Kier molecular flexibility index (Phi) is 5.32. The van der Waals surface area contributed by atoms with Crippen molar-refractivity contribution < 1.29 is 24.2 Å². The molecular formula is C20H17NO5S. The smallest absolute Gasteiger partial charge is 0.341 e. The number of benzene rings is 2. The van der Waals surface area contributed by atoms with Gasteiger partial charge >= 0.3 is 5.97 Å². The van der Waals surface area contributed by atoms with Gasteiger partial charge in [-0.1, -0.05) is 35.9 Å². The lowest BCUT2D eigenvalue weighted by molar-refractivity contribution is -0.139. The van der Waals surface area contributed by atoms with Crippen LogP contribution in [-0.4, -0.2) is 28.8 Å². The Bertz CT molecular complexity index is 967. The highest BCUT2D eigenvalue weighted by atomic mass is 32.2. The van der Waals surface area contributed by atoms with E-state index in [1.54, 1.807) is 36.4 Å². The van der Waals surface area contributed by atoms with Gasteiger partial charge in [-0.25, -0.2) is 9.69 Å². The third-order valence-electron chi connectivity index (χ3n) is 3.94. The van der Waals surface area contributed by atoms with Crippen LogP contribution in [0.15, 0.2) is 47.4 Å². The molecule has 0 radical (unpaired) electrons. The quantitative estimate of drug-likeness (QED) is 0.786. The number of hydrogen-bond donors (Lipinski definition) is 1. The van der Waals surface area contributed by atoms with Crippen molar-refractivity contribution in [1.29, 1.82) is 0 Å². The SMILES string of the molecule is Cc1ccc(N2C(=O)S/C(=C/c3ccccc3OCC(=O)O)C2=O)c(C)c1. The molecule has 2 amide bonds. The number of aryl methyl sites for hydroxylation is 2. The molecule has 7 heteroatoms. The van der Waals surface area contributed by atoms with E-state index in [0.717, 1.165) is 27.8 Å². The van der Waals surface area contributed by atoms with Crippen molar-refractivity contribution in [2.45, 2.75) is 13.8 Å². The molecule has 0 aliphatic carbocycles. The fourth-order valence-corrected chi connectivity index (χ4v) is 3.57. The minimum Gasteiger partial charge on any atom is -0.481 e. The Labute approximate surface area is 160 Å². The number of anilines is 1. The van der Waals surface area contributed by atoms with Gasteiger partial charge in [0.1, 0.15) is 5.75 Å². The summed E-state index contributed by atoms with van der Waals surface area (Å²) in [6, 6.07) is 12.3. The average Bonchev–Trinajstić information content (AvgIpc) is 2.88. The first-order chi connectivity index (χ1) is 12.9. The lowest BCUT2D eigenvalue weighted by atomic mass is 10.1. The molecule has 0 aromatic heterocycles. The van der Waals surface area contributed by atoms with Crippen LogP contribution in [0.3, 0.4) is 0 Å². The minimum absolute atomic E-state index is 0.256. The number of hydrogen-bond acceptors (Lipinski definition) is 5. The first kappa shape index (κ1) is 18.7. The molecule has 1 N–H and O–H groups in total. The van der Waals surface area contributed by atoms with Crippen LogP contribution in [0.4, 0.5) is 10.5 Å². The zero-order chi connectivity index (χ0) is 19.6. The summed E-state index contributed by atoms with van der Waals surface area (Å²) in [4.78, 5) is 37.4. The van der Waals surface area contributed by atoms with E-state index in [0.29, 0.717) is 17.0 Å². The molecule has 1 aliphatic heterocycles. The summed E-state index contributed by atoms with van der Waals surface area (Å²) in [6.07, 6.45) is 1.55. The van der Waals surface area contributed by atoms with Crippen molar-refractivity contribution in [3.05, 3.63) is 64.1 Å². The van der Waals surface area contributed by atoms with Gasteiger partial charge in [0.2, 0.25) is 0 Å². The summed E-state index contributed by atoms with van der Waals surface area (Å²) >= 11 is 0.844. The number of ether oxygens (including phenoxy) is 1. The van der Waals surface area contributed by atoms with Crippen LogP contribution in [0.2, 0.25) is 0 Å². The fraction of sp³-hybridized carbons (Fsp3) is 0.150. The number of nitrogens with zero attached hydrogens (tertiary/aromatic N) is 1. The first-order valence-electron chi connectivity index (χ1n) is 8.15. The lowest BCUT2D eigenvalue weighted by Gasteiger charge is -2.15. The molecule has 138 valence electrons. The molecule has 27 heavy (non-hydrogen) atoms. The van der Waals surface area contributed by atoms with Crippen LogP contribution in [-0.2, 0) is 9.59 Å². The lowest BCUT2D eigenvalue weighted by Crippen LogP contribution is -2.28. The Morgan fingerprint density at radius 3 is 2.63 bits per heavy atom. The number of thioether (sulfide) groups is 1. The van der Waals surface area contributed by atoms with E-state index in [-0.39, 0.29) is 10.1 Å². The van der Waals surface area contributed by atoms with E-state index in [2.05, 4.69) is 0 Å². The second-order valence-corrected chi connectivity index (χ2v) is 7.02. The molecule has 0 spiro atoms. The van der Waals surface area contributed by atoms with Crippen LogP contribution in [0.1, 0.15) is 16.7 Å². The first-order valence-corrected chi connectivity index (χ1v) is 8.97. The molecule has 2 aromatic rings. The minimum atomic E-state index is -1.10. The molecule has 2 aromatic carbocycles. The number of carbonyl (C=O) groups excluding carboxylic acids is 2. The highest BCUT2D eigenvalue weighted by Gasteiger charge is 2.37. The zero-order valence-corrected chi connectivity index (χ0v) is 15.6. The van der Waals surface area contributed by atoms with Crippen LogP contribution in [0.25, 0.3) is 6.08 Å². The Morgan fingerprint density at radius 2 is 1.93 bits per heavy atom. The maximum absolute atomic E-state index is 12.8. The Hall–Kier alpha value is -3.06. The van der Waals surface area contributed by atoms with Crippen molar-refractivity contribution >= 4 is 40.6 Å². The summed E-state index contributed by atoms with van der Waals surface area (Å²) in [7, 11) is 0. The van der Waals surface area contributed by atoms with E-state index in [1.165, 1.54) is 0 Å². The summed E-state index contributed by atoms with van der Waals surface area (Å²) in [5.41, 5.74) is 2.97. The van der Waals surface area contributed by atoms with E-state index in [9.17, 15) is 14.4 Å². The number of carbonyl (C=O) groups is 3. The third-order valence-corrected chi connectivity index (χ3v) is 4.81. The second-order valence-electron chi connectivity index (χ2n) is 6.03. The standard InChI is InChI=1S/C20H17NO5S/c1-12-7-8-15(13(2)9-12)21-19(24)17(27-20(21)25)10-14-5-3-4-6-16(14)26-11-18(22)23/h3-10H,11H2,1-2H3,(H,22,23)/b17-10+. The second kappa shape index (κ2) is 7.67. The molecule has 3 rings (SSSR count). The van der Waals surface area contributed by atoms with Gasteiger partial charge < -0.3 is 9.84 Å². The van der Waals surface area contributed by atoms with Gasteiger partial charge in [0.15, 0.2) is 6.61 Å². The van der Waals surface area contributed by atoms with Crippen molar-refractivity contribution in [2.24, 2.45) is 0 Å². The topological polar surface area (TPSA) is 83.9 Å². The van der Waals surface area contributed by atoms with Gasteiger partial charge in [-0.15, -0.1) is 0 Å². The maximum atomic E-state index is 12.8. The van der Waals surface area contributed by atoms with E-state index >= 15 is 0 Å². The molecule has 1 heterocycles. The predicted molar refractivity (Wildman–Crippen MR) is 104 cm³/mol. The Morgan fingerprint density at radius 1 is 1.19 bits per heavy atom. The summed E-state index contributed by atoms with van der Waals surface area (Å²) in [6.45, 7) is 3.30. The highest BCUT2D eigenvalue weighted by molar-refractivity contribution is 8.19. The van der Waals surface area contributed by atoms with Crippen molar-refractivity contribution in [1.82, 2.24) is 0 Å². The highest BCUT2D eigenvalue weighted by Crippen LogP contribution is 2.38. The summed E-state index contributed by atoms with van der Waals surface area (Å²) in [5.74, 6) is -1.18. The fourth-order valence-electron chi connectivity index (χ4n) is 2.74. The van der Waals surface area contributed by atoms with Crippen molar-refractivity contribution in [3.8, 4) is 5.75 Å². The summed E-state index contributed by atoms with van der Waals surface area (Å²) < 4.78 is 5.25. The number of carboxylic acids is 1. The van der Waals surface area contributed by atoms with Gasteiger partial charge in [-0.3, -0.25) is 9.59 Å². The van der Waals surface area contributed by atoms with Crippen LogP contribution < -0.4 is 9.64 Å². The van der Waals surface area contributed by atoms with Gasteiger partial charge in [0.25, 0.3) is 11.1 Å². The third kappa shape index (κ3) is 4.03. The zero-order valence-electron chi connectivity index (χ0n) is 14.8. The van der Waals surface area contributed by atoms with Gasteiger partial charge in [0.05, 0.1) is 10.6 Å². The molecule has 1 saturated heterocycles. The monoisotopic (exact) mass is 383 g/mol. The molecule has 0 unspecified atom stereocenters. The number of amides is 2. The Balaban J connectivity index is 1.92. The van der Waals surface area contributed by atoms with Crippen LogP contribution in [0.5, 0.6) is 5.75 Å². The predicted octanol–water partition coefficient (Wildman–Crippen LogP) is 4.01. The largest absolute Gasteiger partial charge is 0.481 e. The molecule has 0 atom stereocenters.